The molecule has 3 amide bonds. The summed E-state index contributed by atoms with van der Waals surface area (Å²) in [5.74, 6) is -1.36. The number of unbranched alkanes of at least 4 members (excludes halogenated alkanes) is 1. The van der Waals surface area contributed by atoms with Crippen molar-refractivity contribution in [1.29, 1.82) is 0 Å². The molecule has 182 valence electrons. The highest BCUT2D eigenvalue weighted by atomic mass is 35.5. The number of hydrogen-bond acceptors (Lipinski definition) is 8. The van der Waals surface area contributed by atoms with Crippen molar-refractivity contribution in [3.63, 3.8) is 0 Å². The molecule has 4 atom stereocenters. The Morgan fingerprint density at radius 1 is 1.38 bits per heavy atom. The normalized spacial score (nSPS) is 20.1. The molecule has 1 aliphatic rings. The molecule has 32 heavy (non-hydrogen) atoms. The molecule has 8 N–H and O–H groups in total. The molecule has 13 nitrogen and oxygen atoms in total. The second-order valence-electron chi connectivity index (χ2n) is 8.16. The van der Waals surface area contributed by atoms with E-state index in [0.717, 1.165) is 0 Å². The van der Waals surface area contributed by atoms with Crippen LogP contribution in [0.4, 0.5) is 4.79 Å². The predicted octanol–water partition coefficient (Wildman–Crippen LogP) is -1.40. The lowest BCUT2D eigenvalue weighted by molar-refractivity contribution is -0.130. The van der Waals surface area contributed by atoms with E-state index < -0.39 is 41.7 Å². The molecule has 0 aliphatic carbocycles. The van der Waals surface area contributed by atoms with Crippen molar-refractivity contribution in [2.45, 2.75) is 69.4 Å². The van der Waals surface area contributed by atoms with Crippen molar-refractivity contribution in [2.75, 3.05) is 13.1 Å². The summed E-state index contributed by atoms with van der Waals surface area (Å²) in [6.45, 7) is 3.89. The van der Waals surface area contributed by atoms with Gasteiger partial charge in [-0.05, 0) is 39.5 Å². The van der Waals surface area contributed by atoms with Gasteiger partial charge in [0.15, 0.2) is 6.10 Å². The largest absolute Gasteiger partial charge is 0.465 e. The first-order valence-corrected chi connectivity index (χ1v) is 10.1. The van der Waals surface area contributed by atoms with Crippen LogP contribution in [0.5, 0.6) is 0 Å². The van der Waals surface area contributed by atoms with Crippen LogP contribution in [0.1, 0.15) is 51.3 Å². The van der Waals surface area contributed by atoms with Crippen LogP contribution in [-0.2, 0) is 15.2 Å². The number of carbonyl (C=O) groups excluding carboxylic acids is 2. The summed E-state index contributed by atoms with van der Waals surface area (Å²) in [7, 11) is 0. The van der Waals surface area contributed by atoms with Crippen molar-refractivity contribution in [2.24, 2.45) is 5.73 Å². The fourth-order valence-corrected chi connectivity index (χ4v) is 3.53. The minimum absolute atomic E-state index is 0. The Kier molecular flexibility index (Phi) is 10.3. The zero-order chi connectivity index (χ0) is 23.2. The molecule has 1 saturated heterocycles. The highest BCUT2D eigenvalue weighted by Gasteiger charge is 2.36. The highest BCUT2D eigenvalue weighted by molar-refractivity contribution is 5.85. The van der Waals surface area contributed by atoms with E-state index >= 15 is 0 Å². The molecule has 0 saturated carbocycles. The second-order valence-corrected chi connectivity index (χ2v) is 8.16. The smallest absolute Gasteiger partial charge is 0.404 e. The van der Waals surface area contributed by atoms with Gasteiger partial charge in [0, 0.05) is 13.1 Å². The van der Waals surface area contributed by atoms with Gasteiger partial charge in [-0.15, -0.1) is 17.5 Å². The standard InChI is InChI=1S/C18H31N7O6.ClH/c1-18(2,31)13-9-22-24-25(13)10-7-12(21-8-10)16(28)23-11(14(26)15(19)27)5-3-4-6-20-17(29)30;/h9-12,14,20-21,26,31H,3-8H2,1-2H3,(H2,19,27)(H,23,28)(H,29,30);1H/t10-,11?,12-,14?;/m0./s1. The van der Waals surface area contributed by atoms with E-state index in [9.17, 15) is 24.6 Å². The molecule has 1 fully saturated rings. The number of nitrogens with two attached hydrogens (primary N) is 1. The van der Waals surface area contributed by atoms with Crippen molar-refractivity contribution in [3.8, 4) is 0 Å². The maximum absolute atomic E-state index is 12.7. The van der Waals surface area contributed by atoms with Crippen molar-refractivity contribution in [1.82, 2.24) is 30.9 Å². The van der Waals surface area contributed by atoms with Crippen LogP contribution in [0.2, 0.25) is 0 Å². The number of rotatable bonds is 11. The highest BCUT2D eigenvalue weighted by Crippen LogP contribution is 2.26. The minimum atomic E-state index is -1.56. The Morgan fingerprint density at radius 2 is 2.06 bits per heavy atom. The Hall–Kier alpha value is -2.48. The average Bonchev–Trinajstić information content (AvgIpc) is 3.34. The summed E-state index contributed by atoms with van der Waals surface area (Å²) in [6, 6.07) is -1.70. The molecule has 2 rings (SSSR count). The molecular formula is C18H32ClN7O6. The molecule has 0 radical (unpaired) electrons. The third-order valence-electron chi connectivity index (χ3n) is 5.19. The first-order valence-electron chi connectivity index (χ1n) is 10.1. The zero-order valence-corrected chi connectivity index (χ0v) is 18.8. The van der Waals surface area contributed by atoms with E-state index in [1.807, 2.05) is 0 Å². The lowest BCUT2D eigenvalue weighted by Crippen LogP contribution is -2.53. The van der Waals surface area contributed by atoms with E-state index in [2.05, 4.69) is 26.3 Å². The van der Waals surface area contributed by atoms with Crippen LogP contribution in [0.25, 0.3) is 0 Å². The van der Waals surface area contributed by atoms with Crippen molar-refractivity contribution < 1.29 is 29.7 Å². The van der Waals surface area contributed by atoms with E-state index in [4.69, 9.17) is 10.8 Å². The van der Waals surface area contributed by atoms with Gasteiger partial charge in [-0.3, -0.25) is 9.59 Å². The number of carbonyl (C=O) groups is 3. The lowest BCUT2D eigenvalue weighted by atomic mass is 10.0. The summed E-state index contributed by atoms with van der Waals surface area (Å²) < 4.78 is 1.59. The fourth-order valence-electron chi connectivity index (χ4n) is 3.53. The molecular weight excluding hydrogens is 446 g/mol. The molecule has 2 heterocycles. The number of primary amides is 1. The zero-order valence-electron chi connectivity index (χ0n) is 18.0. The Balaban J connectivity index is 0.00000512. The maximum atomic E-state index is 12.7. The van der Waals surface area contributed by atoms with Crippen LogP contribution in [-0.4, -0.2) is 79.5 Å². The molecule has 2 unspecified atom stereocenters. The SMILES string of the molecule is CC(C)(O)c1cnnn1[C@@H]1CN[C@H](C(=O)NC(CCCCNC(=O)O)C(O)C(N)=O)C1.Cl. The predicted molar refractivity (Wildman–Crippen MR) is 115 cm³/mol. The summed E-state index contributed by atoms with van der Waals surface area (Å²) in [5, 5.41) is 44.8. The summed E-state index contributed by atoms with van der Waals surface area (Å²) >= 11 is 0. The number of hydrogen-bond donors (Lipinski definition) is 7. The second kappa shape index (κ2) is 11.9. The Bertz CT molecular complexity index is 784. The minimum Gasteiger partial charge on any atom is -0.465 e. The number of aliphatic hydroxyl groups excluding tert-OH is 1. The Labute approximate surface area is 191 Å². The van der Waals surface area contributed by atoms with Crippen LogP contribution in [0.3, 0.4) is 0 Å². The monoisotopic (exact) mass is 477 g/mol. The van der Waals surface area contributed by atoms with E-state index in [1.54, 1.807) is 18.5 Å². The van der Waals surface area contributed by atoms with E-state index in [-0.39, 0.29) is 31.4 Å². The number of carboxylic acid groups (broad SMARTS) is 1. The van der Waals surface area contributed by atoms with Crippen LogP contribution < -0.4 is 21.7 Å². The van der Waals surface area contributed by atoms with Gasteiger partial charge in [0.05, 0.1) is 30.0 Å². The average molecular weight is 478 g/mol. The quantitative estimate of drug-likeness (QED) is 0.187. The lowest BCUT2D eigenvalue weighted by Gasteiger charge is -2.24. The maximum Gasteiger partial charge on any atom is 0.404 e. The van der Waals surface area contributed by atoms with E-state index in [0.29, 0.717) is 31.5 Å². The molecule has 0 spiro atoms. The van der Waals surface area contributed by atoms with Gasteiger partial charge in [-0.2, -0.15) is 0 Å². The number of amides is 3. The van der Waals surface area contributed by atoms with Gasteiger partial charge in [-0.25, -0.2) is 9.48 Å². The van der Waals surface area contributed by atoms with Gasteiger partial charge in [-0.1, -0.05) is 5.21 Å². The number of nitrogens with zero attached hydrogens (tertiary/aromatic N) is 3. The molecule has 0 bridgehead atoms. The third kappa shape index (κ3) is 7.58. The molecule has 1 aromatic heterocycles. The summed E-state index contributed by atoms with van der Waals surface area (Å²) in [4.78, 5) is 34.6. The first kappa shape index (κ1) is 27.6. The van der Waals surface area contributed by atoms with Crippen LogP contribution in [0, 0.1) is 0 Å². The molecule has 1 aromatic rings. The summed E-state index contributed by atoms with van der Waals surface area (Å²) in [5.41, 5.74) is 4.57. The fraction of sp³-hybridized carbons (Fsp3) is 0.722. The molecule has 14 heteroatoms. The van der Waals surface area contributed by atoms with E-state index in [1.165, 1.54) is 6.20 Å². The summed E-state index contributed by atoms with van der Waals surface area (Å²) in [6.07, 6.45) is 0.338. The van der Waals surface area contributed by atoms with Gasteiger partial charge in [0.25, 0.3) is 0 Å². The Morgan fingerprint density at radius 3 is 2.66 bits per heavy atom. The van der Waals surface area contributed by atoms with Gasteiger partial charge in [0.2, 0.25) is 11.8 Å². The third-order valence-corrected chi connectivity index (χ3v) is 5.19. The number of aromatic nitrogens is 3. The number of halogens is 1. The molecule has 1 aliphatic heterocycles. The van der Waals surface area contributed by atoms with Gasteiger partial charge < -0.3 is 37.0 Å². The van der Waals surface area contributed by atoms with Gasteiger partial charge in [0.1, 0.15) is 5.60 Å². The number of aliphatic hydroxyl groups is 2. The van der Waals surface area contributed by atoms with Gasteiger partial charge >= 0.3 is 6.09 Å². The topological polar surface area (TPSA) is 205 Å². The van der Waals surface area contributed by atoms with Crippen molar-refractivity contribution >= 4 is 30.3 Å². The van der Waals surface area contributed by atoms with Crippen LogP contribution >= 0.6 is 12.4 Å². The van der Waals surface area contributed by atoms with Crippen molar-refractivity contribution in [3.05, 3.63) is 11.9 Å². The van der Waals surface area contributed by atoms with Crippen LogP contribution in [0.15, 0.2) is 6.20 Å². The first-order chi connectivity index (χ1) is 14.5. The number of nitrogens with one attached hydrogen (secondary N) is 3. The molecule has 0 aromatic carbocycles.